The Hall–Kier alpha value is -0.980. The minimum atomic E-state index is 0.166. The molecule has 0 aliphatic carbocycles. The second-order valence-electron chi connectivity index (χ2n) is 6.46. The van der Waals surface area contributed by atoms with Crippen molar-refractivity contribution < 1.29 is 9.53 Å². The number of likely N-dealkylation sites (tertiary alicyclic amines) is 1. The average Bonchev–Trinajstić information content (AvgIpc) is 3.22. The van der Waals surface area contributed by atoms with E-state index >= 15 is 0 Å². The van der Waals surface area contributed by atoms with Gasteiger partial charge in [0, 0.05) is 32.2 Å². The van der Waals surface area contributed by atoms with Crippen LogP contribution >= 0.6 is 11.3 Å². The Morgan fingerprint density at radius 1 is 1.35 bits per heavy atom. The number of rotatable bonds is 5. The van der Waals surface area contributed by atoms with Gasteiger partial charge in [0.05, 0.1) is 24.4 Å². The van der Waals surface area contributed by atoms with Crippen molar-refractivity contribution in [3.05, 3.63) is 16.1 Å². The number of carbonyl (C=O) groups excluding carboxylic acids is 1. The van der Waals surface area contributed by atoms with Gasteiger partial charge in [0.1, 0.15) is 4.88 Å². The van der Waals surface area contributed by atoms with Crippen LogP contribution in [0.1, 0.15) is 41.4 Å². The highest BCUT2D eigenvalue weighted by atomic mass is 32.1. The molecule has 0 unspecified atom stereocenters. The molecule has 0 N–H and O–H groups in total. The predicted octanol–water partition coefficient (Wildman–Crippen LogP) is 2.28. The molecule has 23 heavy (non-hydrogen) atoms. The van der Waals surface area contributed by atoms with E-state index in [0.29, 0.717) is 12.0 Å². The average molecular weight is 337 g/mol. The molecule has 1 aromatic rings. The zero-order valence-electron chi connectivity index (χ0n) is 14.2. The Bertz CT molecular complexity index is 528. The summed E-state index contributed by atoms with van der Waals surface area (Å²) < 4.78 is 5.47. The lowest BCUT2D eigenvalue weighted by Gasteiger charge is -2.34. The van der Waals surface area contributed by atoms with Crippen LogP contribution in [0.15, 0.2) is 6.20 Å². The van der Waals surface area contributed by atoms with Crippen LogP contribution in [0, 0.1) is 5.92 Å². The van der Waals surface area contributed by atoms with Crippen LogP contribution in [0.2, 0.25) is 0 Å². The maximum Gasteiger partial charge on any atom is 0.265 e. The number of aromatic nitrogens is 1. The fourth-order valence-electron chi connectivity index (χ4n) is 3.64. The van der Waals surface area contributed by atoms with E-state index in [2.05, 4.69) is 23.7 Å². The van der Waals surface area contributed by atoms with Gasteiger partial charge in [-0.25, -0.2) is 4.98 Å². The molecule has 3 rings (SSSR count). The fraction of sp³-hybridized carbons (Fsp3) is 0.765. The molecule has 0 spiro atoms. The molecular formula is C17H27N3O2S. The van der Waals surface area contributed by atoms with Gasteiger partial charge < -0.3 is 9.64 Å². The number of morpholine rings is 1. The Labute approximate surface area is 142 Å². The summed E-state index contributed by atoms with van der Waals surface area (Å²) >= 11 is 1.56. The zero-order chi connectivity index (χ0) is 16.2. The number of hydrogen-bond acceptors (Lipinski definition) is 5. The summed E-state index contributed by atoms with van der Waals surface area (Å²) in [5.74, 6) is 0.735. The molecule has 1 amide bonds. The summed E-state index contributed by atoms with van der Waals surface area (Å²) in [6.07, 6.45) is 4.92. The first-order valence-electron chi connectivity index (χ1n) is 8.78. The summed E-state index contributed by atoms with van der Waals surface area (Å²) in [5, 5.41) is 1.08. The van der Waals surface area contributed by atoms with Gasteiger partial charge in [-0.05, 0) is 18.8 Å². The highest BCUT2D eigenvalue weighted by molar-refractivity contribution is 7.13. The molecule has 0 bridgehead atoms. The van der Waals surface area contributed by atoms with Crippen LogP contribution in [0.4, 0.5) is 0 Å². The van der Waals surface area contributed by atoms with Crippen LogP contribution in [0.3, 0.4) is 0 Å². The van der Waals surface area contributed by atoms with E-state index in [9.17, 15) is 4.79 Å². The van der Waals surface area contributed by atoms with Gasteiger partial charge in [0.25, 0.3) is 5.91 Å². The lowest BCUT2D eigenvalue weighted by atomic mass is 9.99. The molecule has 6 heteroatoms. The second-order valence-corrected chi connectivity index (χ2v) is 7.58. The Kier molecular flexibility index (Phi) is 5.67. The summed E-state index contributed by atoms with van der Waals surface area (Å²) in [6, 6.07) is 0.482. The SMILES string of the molecule is CCCc1ncc(C(=O)N2C[C@@H](CC)[C@@H](N3CCOCC3)C2)s1. The van der Waals surface area contributed by atoms with E-state index < -0.39 is 0 Å². The molecule has 5 nitrogen and oxygen atoms in total. The summed E-state index contributed by atoms with van der Waals surface area (Å²) in [5.41, 5.74) is 0. The van der Waals surface area contributed by atoms with Crippen molar-refractivity contribution in [1.82, 2.24) is 14.8 Å². The van der Waals surface area contributed by atoms with Gasteiger partial charge in [-0.1, -0.05) is 20.3 Å². The minimum absolute atomic E-state index is 0.166. The van der Waals surface area contributed by atoms with Gasteiger partial charge >= 0.3 is 0 Å². The van der Waals surface area contributed by atoms with E-state index in [1.54, 1.807) is 17.5 Å². The molecule has 0 radical (unpaired) electrons. The van der Waals surface area contributed by atoms with Crippen molar-refractivity contribution in [3.8, 4) is 0 Å². The second kappa shape index (κ2) is 7.73. The van der Waals surface area contributed by atoms with Crippen molar-refractivity contribution in [3.63, 3.8) is 0 Å². The first kappa shape index (κ1) is 16.9. The third-order valence-corrected chi connectivity index (χ3v) is 6.01. The molecule has 3 heterocycles. The molecule has 2 fully saturated rings. The topological polar surface area (TPSA) is 45.7 Å². The van der Waals surface area contributed by atoms with Gasteiger partial charge in [-0.15, -0.1) is 11.3 Å². The smallest absolute Gasteiger partial charge is 0.265 e. The van der Waals surface area contributed by atoms with Crippen LogP contribution in [0.25, 0.3) is 0 Å². The van der Waals surface area contributed by atoms with Crippen molar-refractivity contribution in [2.75, 3.05) is 39.4 Å². The molecule has 2 atom stereocenters. The van der Waals surface area contributed by atoms with E-state index in [4.69, 9.17) is 4.74 Å². The summed E-state index contributed by atoms with van der Waals surface area (Å²) in [4.78, 5) is 22.5. The Morgan fingerprint density at radius 2 is 2.13 bits per heavy atom. The molecule has 2 aliphatic rings. The Balaban J connectivity index is 1.66. The fourth-order valence-corrected chi connectivity index (χ4v) is 4.63. The number of aryl methyl sites for hydroxylation is 1. The molecule has 128 valence electrons. The normalized spacial score (nSPS) is 25.9. The number of nitrogens with zero attached hydrogens (tertiary/aromatic N) is 3. The lowest BCUT2D eigenvalue weighted by molar-refractivity contribution is 0.0103. The number of carbonyl (C=O) groups is 1. The first-order valence-corrected chi connectivity index (χ1v) is 9.60. The van der Waals surface area contributed by atoms with Crippen molar-refractivity contribution >= 4 is 17.2 Å². The van der Waals surface area contributed by atoms with Crippen LogP contribution in [0.5, 0.6) is 0 Å². The van der Waals surface area contributed by atoms with Crippen molar-refractivity contribution in [1.29, 1.82) is 0 Å². The largest absolute Gasteiger partial charge is 0.379 e. The van der Waals surface area contributed by atoms with Crippen LogP contribution in [-0.4, -0.2) is 66.1 Å². The molecule has 1 aromatic heterocycles. The maximum atomic E-state index is 12.8. The monoisotopic (exact) mass is 337 g/mol. The van der Waals surface area contributed by atoms with Crippen LogP contribution in [-0.2, 0) is 11.2 Å². The van der Waals surface area contributed by atoms with Gasteiger partial charge in [0.2, 0.25) is 0 Å². The van der Waals surface area contributed by atoms with E-state index in [1.165, 1.54) is 0 Å². The first-order chi connectivity index (χ1) is 11.2. The highest BCUT2D eigenvalue weighted by Crippen LogP contribution is 2.28. The summed E-state index contributed by atoms with van der Waals surface area (Å²) in [7, 11) is 0. The maximum absolute atomic E-state index is 12.8. The third kappa shape index (κ3) is 3.75. The van der Waals surface area contributed by atoms with E-state index in [-0.39, 0.29) is 5.91 Å². The van der Waals surface area contributed by atoms with E-state index in [0.717, 1.165) is 68.5 Å². The number of hydrogen-bond donors (Lipinski definition) is 0. The molecule has 2 saturated heterocycles. The number of thiazole rings is 1. The lowest BCUT2D eigenvalue weighted by Crippen LogP contribution is -2.47. The highest BCUT2D eigenvalue weighted by Gasteiger charge is 2.38. The minimum Gasteiger partial charge on any atom is -0.379 e. The predicted molar refractivity (Wildman–Crippen MR) is 92.0 cm³/mol. The molecule has 2 aliphatic heterocycles. The Morgan fingerprint density at radius 3 is 2.83 bits per heavy atom. The van der Waals surface area contributed by atoms with Crippen molar-refractivity contribution in [2.45, 2.75) is 39.2 Å². The van der Waals surface area contributed by atoms with Crippen molar-refractivity contribution in [2.24, 2.45) is 5.92 Å². The molecule has 0 saturated carbocycles. The quantitative estimate of drug-likeness (QED) is 0.827. The molecular weight excluding hydrogens is 310 g/mol. The van der Waals surface area contributed by atoms with Crippen LogP contribution < -0.4 is 0 Å². The van der Waals surface area contributed by atoms with Gasteiger partial charge in [-0.2, -0.15) is 0 Å². The number of amides is 1. The number of ether oxygens (including phenoxy) is 1. The van der Waals surface area contributed by atoms with E-state index in [1.807, 2.05) is 4.90 Å². The zero-order valence-corrected chi connectivity index (χ0v) is 15.0. The summed E-state index contributed by atoms with van der Waals surface area (Å²) in [6.45, 7) is 9.71. The molecule has 0 aromatic carbocycles. The standard InChI is InChI=1S/C17H27N3O2S/c1-3-5-16-18-10-15(23-16)17(21)20-11-13(4-2)14(12-20)19-6-8-22-9-7-19/h10,13-14H,3-9,11-12H2,1-2H3/t13-,14+/m1/s1. The van der Waals surface area contributed by atoms with Gasteiger partial charge in [0.15, 0.2) is 0 Å². The van der Waals surface area contributed by atoms with Gasteiger partial charge in [-0.3, -0.25) is 9.69 Å². The third-order valence-electron chi connectivity index (χ3n) is 4.96.